The minimum absolute atomic E-state index is 0.209. The highest BCUT2D eigenvalue weighted by Crippen LogP contribution is 2.32. The fourth-order valence-corrected chi connectivity index (χ4v) is 2.67. The molecule has 0 bridgehead atoms. The molecule has 1 heterocycles. The topological polar surface area (TPSA) is 76.9 Å². The number of H-pyrrole nitrogens is 1. The lowest BCUT2D eigenvalue weighted by Crippen LogP contribution is -1.98. The molecule has 0 aliphatic rings. The Balaban J connectivity index is 2.61. The first kappa shape index (κ1) is 16.2. The van der Waals surface area contributed by atoms with Crippen molar-refractivity contribution in [2.45, 2.75) is 13.8 Å². The summed E-state index contributed by atoms with van der Waals surface area (Å²) in [7, 11) is 0. The molecule has 2 N–H and O–H groups in total. The smallest absolute Gasteiger partial charge is 0.337 e. The molecule has 1 aromatic carbocycles. The second-order valence-corrected chi connectivity index (χ2v) is 5.53. The van der Waals surface area contributed by atoms with E-state index in [0.29, 0.717) is 33.1 Å². The number of carboxylic acid groups (broad SMARTS) is 1. The van der Waals surface area contributed by atoms with Crippen LogP contribution in [0.25, 0.3) is 11.6 Å². The van der Waals surface area contributed by atoms with Gasteiger partial charge in [0.05, 0.1) is 27.3 Å². The molecule has 0 amide bonds. The van der Waals surface area contributed by atoms with Crippen molar-refractivity contribution >= 4 is 40.8 Å². The highest BCUT2D eigenvalue weighted by molar-refractivity contribution is 6.43. The van der Waals surface area contributed by atoms with E-state index in [1.165, 1.54) is 0 Å². The molecular weight excluding hydrogens is 323 g/mol. The molecule has 0 saturated carbocycles. The summed E-state index contributed by atoms with van der Waals surface area (Å²) in [5.74, 6) is -1.01. The number of hydrogen-bond acceptors (Lipinski definition) is 2. The Bertz CT molecular complexity index is 829. The summed E-state index contributed by atoms with van der Waals surface area (Å²) in [6.07, 6.45) is 1.58. The molecule has 0 radical (unpaired) electrons. The van der Waals surface area contributed by atoms with Crippen molar-refractivity contribution in [3.8, 4) is 6.07 Å². The number of nitriles is 1. The quantitative estimate of drug-likeness (QED) is 0.798. The first-order valence-electron chi connectivity index (χ1n) is 6.35. The highest BCUT2D eigenvalue weighted by Gasteiger charge is 2.17. The number of nitrogens with zero attached hydrogens (tertiary/aromatic N) is 1. The van der Waals surface area contributed by atoms with E-state index in [0.717, 1.165) is 0 Å². The van der Waals surface area contributed by atoms with E-state index >= 15 is 0 Å². The van der Waals surface area contributed by atoms with Gasteiger partial charge in [-0.05, 0) is 31.6 Å². The molecule has 0 unspecified atom stereocenters. The zero-order valence-corrected chi connectivity index (χ0v) is 13.4. The Kier molecular flexibility index (Phi) is 4.60. The molecule has 0 atom stereocenters. The zero-order chi connectivity index (χ0) is 16.4. The van der Waals surface area contributed by atoms with Gasteiger partial charge >= 0.3 is 5.97 Å². The number of rotatable bonds is 3. The van der Waals surface area contributed by atoms with Crippen molar-refractivity contribution in [1.82, 2.24) is 4.98 Å². The Morgan fingerprint density at radius 3 is 2.59 bits per heavy atom. The fourth-order valence-electron chi connectivity index (χ4n) is 2.27. The van der Waals surface area contributed by atoms with Crippen molar-refractivity contribution in [2.24, 2.45) is 0 Å². The summed E-state index contributed by atoms with van der Waals surface area (Å²) in [6.45, 7) is 3.36. The first-order valence-corrected chi connectivity index (χ1v) is 7.11. The van der Waals surface area contributed by atoms with Gasteiger partial charge in [0, 0.05) is 17.0 Å². The SMILES string of the molecule is Cc1[nH]c(/C=C(\C#N)c2cccc(Cl)c2Cl)c(C)c1C(=O)O. The lowest BCUT2D eigenvalue weighted by molar-refractivity contribution is 0.0695. The number of allylic oxidation sites excluding steroid dienone is 1. The van der Waals surface area contributed by atoms with E-state index < -0.39 is 5.97 Å². The Hall–Kier alpha value is -2.22. The average Bonchev–Trinajstić information content (AvgIpc) is 2.74. The maximum absolute atomic E-state index is 11.2. The van der Waals surface area contributed by atoms with Gasteiger partial charge in [-0.1, -0.05) is 35.3 Å². The maximum atomic E-state index is 11.2. The van der Waals surface area contributed by atoms with Gasteiger partial charge in [-0.25, -0.2) is 4.79 Å². The standard InChI is InChI=1S/C16H12Cl2N2O2/c1-8-13(20-9(2)14(8)16(21)22)6-10(7-19)11-4-3-5-12(17)15(11)18/h3-6,20H,1-2H3,(H,21,22)/b10-6+. The van der Waals surface area contributed by atoms with Gasteiger partial charge in [0.1, 0.15) is 0 Å². The summed E-state index contributed by atoms with van der Waals surface area (Å²) in [5, 5.41) is 19.2. The summed E-state index contributed by atoms with van der Waals surface area (Å²) >= 11 is 12.1. The number of carboxylic acids is 1. The van der Waals surface area contributed by atoms with Crippen LogP contribution >= 0.6 is 23.2 Å². The van der Waals surface area contributed by atoms with Gasteiger partial charge in [0.25, 0.3) is 0 Å². The first-order chi connectivity index (χ1) is 10.4. The number of aromatic nitrogens is 1. The molecule has 6 heteroatoms. The van der Waals surface area contributed by atoms with Gasteiger partial charge in [0.15, 0.2) is 0 Å². The van der Waals surface area contributed by atoms with Crippen molar-refractivity contribution in [2.75, 3.05) is 0 Å². The minimum atomic E-state index is -1.01. The van der Waals surface area contributed by atoms with Crippen LogP contribution in [0.5, 0.6) is 0 Å². The van der Waals surface area contributed by atoms with E-state index in [4.69, 9.17) is 23.2 Å². The number of carbonyl (C=O) groups is 1. The van der Waals surface area contributed by atoms with E-state index in [9.17, 15) is 15.2 Å². The van der Waals surface area contributed by atoms with Crippen molar-refractivity contribution in [3.63, 3.8) is 0 Å². The van der Waals surface area contributed by atoms with Crippen molar-refractivity contribution in [1.29, 1.82) is 5.26 Å². The van der Waals surface area contributed by atoms with Crippen LogP contribution in [0.15, 0.2) is 18.2 Å². The molecule has 0 saturated heterocycles. The van der Waals surface area contributed by atoms with Crippen LogP contribution in [0.1, 0.15) is 32.9 Å². The normalized spacial score (nSPS) is 11.3. The van der Waals surface area contributed by atoms with Gasteiger partial charge in [0.2, 0.25) is 0 Å². The lowest BCUT2D eigenvalue weighted by atomic mass is 10.0. The zero-order valence-electron chi connectivity index (χ0n) is 11.9. The number of hydrogen-bond donors (Lipinski definition) is 2. The number of aromatic amines is 1. The van der Waals surface area contributed by atoms with Crippen LogP contribution < -0.4 is 0 Å². The molecule has 112 valence electrons. The second-order valence-electron chi connectivity index (χ2n) is 4.74. The second kappa shape index (κ2) is 6.27. The summed E-state index contributed by atoms with van der Waals surface area (Å²) in [5.41, 5.74) is 2.67. The molecule has 2 rings (SSSR count). The van der Waals surface area contributed by atoms with Crippen LogP contribution in [0.3, 0.4) is 0 Å². The molecule has 22 heavy (non-hydrogen) atoms. The molecule has 0 fully saturated rings. The third-order valence-corrected chi connectivity index (χ3v) is 4.16. The lowest BCUT2D eigenvalue weighted by Gasteiger charge is -2.04. The molecule has 4 nitrogen and oxygen atoms in total. The van der Waals surface area contributed by atoms with Crippen molar-refractivity contribution < 1.29 is 9.90 Å². The van der Waals surface area contributed by atoms with E-state index in [1.54, 1.807) is 38.1 Å². The van der Waals surface area contributed by atoms with Crippen molar-refractivity contribution in [3.05, 3.63) is 56.3 Å². The monoisotopic (exact) mass is 334 g/mol. The van der Waals surface area contributed by atoms with Gasteiger partial charge in [-0.15, -0.1) is 0 Å². The van der Waals surface area contributed by atoms with Crippen LogP contribution in [-0.2, 0) is 0 Å². The average molecular weight is 335 g/mol. The van der Waals surface area contributed by atoms with E-state index in [-0.39, 0.29) is 10.6 Å². The number of halogens is 2. The summed E-state index contributed by atoms with van der Waals surface area (Å²) in [6, 6.07) is 7.09. The maximum Gasteiger partial charge on any atom is 0.337 e. The summed E-state index contributed by atoms with van der Waals surface area (Å²) in [4.78, 5) is 14.2. The molecule has 2 aromatic rings. The molecule has 0 aliphatic heterocycles. The van der Waals surface area contributed by atoms with Crippen LogP contribution in [0, 0.1) is 25.2 Å². The van der Waals surface area contributed by atoms with E-state index in [2.05, 4.69) is 11.1 Å². The van der Waals surface area contributed by atoms with E-state index in [1.807, 2.05) is 0 Å². The Morgan fingerprint density at radius 1 is 1.36 bits per heavy atom. The third kappa shape index (κ3) is 2.87. The predicted molar refractivity (Wildman–Crippen MR) is 87.2 cm³/mol. The van der Waals surface area contributed by atoms with Gasteiger partial charge < -0.3 is 10.1 Å². The Labute approximate surface area is 137 Å². The Morgan fingerprint density at radius 2 is 2.05 bits per heavy atom. The number of nitrogens with one attached hydrogen (secondary N) is 1. The largest absolute Gasteiger partial charge is 0.478 e. The predicted octanol–water partition coefficient (Wildman–Crippen LogP) is 4.70. The summed E-state index contributed by atoms with van der Waals surface area (Å²) < 4.78 is 0. The van der Waals surface area contributed by atoms with Crippen LogP contribution in [0.4, 0.5) is 0 Å². The number of aryl methyl sites for hydroxylation is 1. The number of benzene rings is 1. The number of aromatic carboxylic acids is 1. The highest BCUT2D eigenvalue weighted by atomic mass is 35.5. The minimum Gasteiger partial charge on any atom is -0.478 e. The molecule has 0 spiro atoms. The third-order valence-electron chi connectivity index (χ3n) is 3.34. The van der Waals surface area contributed by atoms with Crippen LogP contribution in [-0.4, -0.2) is 16.1 Å². The van der Waals surface area contributed by atoms with Gasteiger partial charge in [-0.2, -0.15) is 5.26 Å². The molecule has 0 aliphatic carbocycles. The molecule has 1 aromatic heterocycles. The van der Waals surface area contributed by atoms with Gasteiger partial charge in [-0.3, -0.25) is 0 Å². The van der Waals surface area contributed by atoms with Crippen LogP contribution in [0.2, 0.25) is 10.0 Å². The fraction of sp³-hybridized carbons (Fsp3) is 0.125. The molecular formula is C16H12Cl2N2O2.